The predicted molar refractivity (Wildman–Crippen MR) is 288 cm³/mol. The van der Waals surface area contributed by atoms with E-state index < -0.39 is 0 Å². The third-order valence-corrected chi connectivity index (χ3v) is 14.6. The second-order valence-corrected chi connectivity index (χ2v) is 18.4. The molecule has 0 saturated heterocycles. The molecule has 0 fully saturated rings. The SMILES string of the molecule is c1ccc(-c2ccccc2-c2ccc(N(c3ccc(-c4ccc5sc6ccccc6c5c4)cc3)c3ccc(-c4ccc5c6ccc7ccccc7c6n(-c6ccccc6)c5c4)cc3)cc2)cc1. The molecule has 11 aromatic carbocycles. The van der Waals surface area contributed by atoms with E-state index in [1.54, 1.807) is 0 Å². The van der Waals surface area contributed by atoms with Crippen LogP contribution in [-0.4, -0.2) is 4.57 Å². The fourth-order valence-electron chi connectivity index (χ4n) is 10.2. The van der Waals surface area contributed by atoms with Gasteiger partial charge in [-0.2, -0.15) is 0 Å². The van der Waals surface area contributed by atoms with Crippen molar-refractivity contribution < 1.29 is 0 Å². The Morgan fingerprint density at radius 3 is 1.48 bits per heavy atom. The molecule has 0 aliphatic rings. The Kier molecular flexibility index (Phi) is 9.40. The summed E-state index contributed by atoms with van der Waals surface area (Å²) in [5, 5.41) is 7.63. The van der Waals surface area contributed by atoms with Crippen molar-refractivity contribution in [2.45, 2.75) is 0 Å². The molecule has 3 heteroatoms. The molecule has 0 atom stereocenters. The topological polar surface area (TPSA) is 8.17 Å². The van der Waals surface area contributed by atoms with Crippen LogP contribution in [0.3, 0.4) is 0 Å². The maximum atomic E-state index is 2.44. The predicted octanol–water partition coefficient (Wildman–Crippen LogP) is 18.4. The van der Waals surface area contributed by atoms with Gasteiger partial charge in [-0.25, -0.2) is 0 Å². The van der Waals surface area contributed by atoms with Gasteiger partial charge in [-0.3, -0.25) is 0 Å². The summed E-state index contributed by atoms with van der Waals surface area (Å²) in [7, 11) is 0. The molecule has 0 bridgehead atoms. The van der Waals surface area contributed by atoms with Gasteiger partial charge in [0.1, 0.15) is 0 Å². The minimum atomic E-state index is 1.09. The van der Waals surface area contributed by atoms with Crippen LogP contribution in [0.25, 0.3) is 103 Å². The molecule has 0 saturated carbocycles. The van der Waals surface area contributed by atoms with Crippen LogP contribution >= 0.6 is 11.3 Å². The highest BCUT2D eigenvalue weighted by Gasteiger charge is 2.18. The molecule has 2 nitrogen and oxygen atoms in total. The summed E-state index contributed by atoms with van der Waals surface area (Å²) in [6.45, 7) is 0. The average molecular weight is 871 g/mol. The lowest BCUT2D eigenvalue weighted by molar-refractivity contribution is 1.19. The van der Waals surface area contributed by atoms with E-state index in [1.807, 2.05) is 11.3 Å². The Balaban J connectivity index is 0.902. The lowest BCUT2D eigenvalue weighted by Crippen LogP contribution is -2.09. The number of nitrogens with zero attached hydrogens (tertiary/aromatic N) is 2. The molecule has 67 heavy (non-hydrogen) atoms. The van der Waals surface area contributed by atoms with Crippen molar-refractivity contribution >= 4 is 81.1 Å². The van der Waals surface area contributed by atoms with E-state index >= 15 is 0 Å². The Hall–Kier alpha value is -8.50. The molecule has 0 aliphatic carbocycles. The zero-order valence-corrected chi connectivity index (χ0v) is 37.4. The molecule has 314 valence electrons. The highest BCUT2D eigenvalue weighted by molar-refractivity contribution is 7.25. The van der Waals surface area contributed by atoms with E-state index in [2.05, 4.69) is 264 Å². The summed E-state index contributed by atoms with van der Waals surface area (Å²) in [5.41, 5.74) is 16.5. The highest BCUT2D eigenvalue weighted by Crippen LogP contribution is 2.42. The normalized spacial score (nSPS) is 11.6. The molecular formula is C64H42N2S. The van der Waals surface area contributed by atoms with Crippen molar-refractivity contribution in [3.05, 3.63) is 255 Å². The number of hydrogen-bond acceptors (Lipinski definition) is 2. The molecule has 0 aliphatic heterocycles. The van der Waals surface area contributed by atoms with Crippen molar-refractivity contribution in [3.8, 4) is 50.2 Å². The maximum Gasteiger partial charge on any atom is 0.0619 e. The number of rotatable bonds is 8. The number of aromatic nitrogens is 1. The summed E-state index contributed by atoms with van der Waals surface area (Å²) >= 11 is 1.86. The number of anilines is 3. The number of thiophene rings is 1. The third-order valence-electron chi connectivity index (χ3n) is 13.4. The number of hydrogen-bond donors (Lipinski definition) is 0. The van der Waals surface area contributed by atoms with Crippen LogP contribution in [0.15, 0.2) is 255 Å². The summed E-state index contributed by atoms with van der Waals surface area (Å²) in [5.74, 6) is 0. The van der Waals surface area contributed by atoms with E-state index in [0.29, 0.717) is 0 Å². The Morgan fingerprint density at radius 1 is 0.299 bits per heavy atom. The quantitative estimate of drug-likeness (QED) is 0.148. The molecule has 13 rings (SSSR count). The molecule has 0 amide bonds. The molecule has 13 aromatic rings. The monoisotopic (exact) mass is 870 g/mol. The van der Waals surface area contributed by atoms with Crippen molar-refractivity contribution in [2.24, 2.45) is 0 Å². The molecule has 0 spiro atoms. The number of benzene rings is 11. The smallest absolute Gasteiger partial charge is 0.0619 e. The van der Waals surface area contributed by atoms with E-state index in [-0.39, 0.29) is 0 Å². The third kappa shape index (κ3) is 6.79. The first kappa shape index (κ1) is 38.9. The van der Waals surface area contributed by atoms with Gasteiger partial charge in [-0.1, -0.05) is 182 Å². The maximum absolute atomic E-state index is 2.44. The van der Waals surface area contributed by atoms with Crippen molar-refractivity contribution in [1.29, 1.82) is 0 Å². The fourth-order valence-corrected chi connectivity index (χ4v) is 11.2. The van der Waals surface area contributed by atoms with Gasteiger partial charge in [0.25, 0.3) is 0 Å². The summed E-state index contributed by atoms with van der Waals surface area (Å²) in [6.07, 6.45) is 0. The van der Waals surface area contributed by atoms with Crippen LogP contribution in [0.1, 0.15) is 0 Å². The second-order valence-electron chi connectivity index (χ2n) is 17.3. The van der Waals surface area contributed by atoms with Gasteiger partial charge in [0.2, 0.25) is 0 Å². The number of para-hydroxylation sites is 1. The first-order valence-electron chi connectivity index (χ1n) is 22.9. The number of fused-ring (bicyclic) bond motifs is 8. The van der Waals surface area contributed by atoms with Crippen LogP contribution in [0.4, 0.5) is 17.1 Å². The first-order chi connectivity index (χ1) is 33.2. The van der Waals surface area contributed by atoms with Gasteiger partial charge in [0, 0.05) is 59.1 Å². The molecule has 0 radical (unpaired) electrons. The Labute approximate surface area is 393 Å². The van der Waals surface area contributed by atoms with Gasteiger partial charge in [-0.05, 0) is 123 Å². The minimum Gasteiger partial charge on any atom is -0.311 e. The second kappa shape index (κ2) is 16.2. The van der Waals surface area contributed by atoms with Crippen molar-refractivity contribution in [1.82, 2.24) is 4.57 Å². The lowest BCUT2D eigenvalue weighted by Gasteiger charge is -2.26. The van der Waals surface area contributed by atoms with E-state index in [0.717, 1.165) is 22.7 Å². The van der Waals surface area contributed by atoms with Crippen LogP contribution in [0.2, 0.25) is 0 Å². The van der Waals surface area contributed by atoms with Crippen molar-refractivity contribution in [3.63, 3.8) is 0 Å². The van der Waals surface area contributed by atoms with Gasteiger partial charge in [0.05, 0.1) is 11.0 Å². The molecule has 0 N–H and O–H groups in total. The Bertz CT molecular complexity index is 3940. The van der Waals surface area contributed by atoms with E-state index in [9.17, 15) is 0 Å². The zero-order valence-electron chi connectivity index (χ0n) is 36.6. The summed E-state index contributed by atoms with van der Waals surface area (Å²) < 4.78 is 5.09. The standard InChI is InChI=1S/C64H42N2S/c1-3-13-45(14-4-1)54-18-9-10-19-55(54)47-27-36-53(37-28-47)65(51-32-23-43(24-33-51)48-31-40-63-60(41-48)58-21-11-12-22-62(58)67-63)52-34-25-44(26-35-52)49-30-38-57-59-39-29-46-15-7-8-20-56(46)64(59)66(61(57)42-49)50-16-5-2-6-17-50/h1-42H. The molecule has 2 heterocycles. The van der Waals surface area contributed by atoms with Crippen LogP contribution in [0, 0.1) is 0 Å². The van der Waals surface area contributed by atoms with E-state index in [4.69, 9.17) is 0 Å². The van der Waals surface area contributed by atoms with Crippen LogP contribution in [0.5, 0.6) is 0 Å². The molecular weight excluding hydrogens is 829 g/mol. The first-order valence-corrected chi connectivity index (χ1v) is 23.7. The van der Waals surface area contributed by atoms with E-state index in [1.165, 1.54) is 97.3 Å². The molecule has 0 unspecified atom stereocenters. The lowest BCUT2D eigenvalue weighted by atomic mass is 9.94. The van der Waals surface area contributed by atoms with Crippen LogP contribution in [-0.2, 0) is 0 Å². The van der Waals surface area contributed by atoms with Gasteiger partial charge < -0.3 is 9.47 Å². The largest absolute Gasteiger partial charge is 0.311 e. The van der Waals surface area contributed by atoms with Gasteiger partial charge >= 0.3 is 0 Å². The van der Waals surface area contributed by atoms with Gasteiger partial charge in [0.15, 0.2) is 0 Å². The Morgan fingerprint density at radius 2 is 0.791 bits per heavy atom. The van der Waals surface area contributed by atoms with Crippen molar-refractivity contribution in [2.75, 3.05) is 4.90 Å². The zero-order chi connectivity index (χ0) is 44.3. The van der Waals surface area contributed by atoms with Gasteiger partial charge in [-0.15, -0.1) is 11.3 Å². The average Bonchev–Trinajstić information content (AvgIpc) is 3.95. The highest BCUT2D eigenvalue weighted by atomic mass is 32.1. The van der Waals surface area contributed by atoms with Crippen LogP contribution < -0.4 is 4.90 Å². The summed E-state index contributed by atoms with van der Waals surface area (Å²) in [6, 6.07) is 93.1. The minimum absolute atomic E-state index is 1.09. The molecule has 2 aromatic heterocycles. The fraction of sp³-hybridized carbons (Fsp3) is 0. The summed E-state index contributed by atoms with van der Waals surface area (Å²) in [4.78, 5) is 2.37.